The number of benzene rings is 2. The summed E-state index contributed by atoms with van der Waals surface area (Å²) < 4.78 is 0. The number of hydrogen-bond acceptors (Lipinski definition) is 5. The number of hydrogen-bond donors (Lipinski definition) is 2. The van der Waals surface area contributed by atoms with Gasteiger partial charge in [-0.1, -0.05) is 25.1 Å². The van der Waals surface area contributed by atoms with Gasteiger partial charge in [-0.15, -0.1) is 0 Å². The smallest absolute Gasteiger partial charge is 0.274 e. The van der Waals surface area contributed by atoms with Gasteiger partial charge in [-0.3, -0.25) is 4.79 Å². The average Bonchev–Trinajstić information content (AvgIpc) is 2.70. The summed E-state index contributed by atoms with van der Waals surface area (Å²) in [6, 6.07) is 15.5. The molecule has 1 aromatic heterocycles. The van der Waals surface area contributed by atoms with Crippen molar-refractivity contribution in [2.75, 3.05) is 29.6 Å². The van der Waals surface area contributed by atoms with Gasteiger partial charge in [-0.2, -0.15) is 0 Å². The van der Waals surface area contributed by atoms with Crippen molar-refractivity contribution in [1.82, 2.24) is 9.97 Å². The summed E-state index contributed by atoms with van der Waals surface area (Å²) in [6.07, 6.45) is 2.31. The summed E-state index contributed by atoms with van der Waals surface area (Å²) in [6.45, 7) is 4.16. The number of anilines is 4. The second-order valence-corrected chi connectivity index (χ2v) is 6.77. The maximum atomic E-state index is 12.6. The number of aryl methyl sites for hydroxylation is 2. The topological polar surface area (TPSA) is 70.2 Å². The van der Waals surface area contributed by atoms with Gasteiger partial charge in [0.05, 0.1) is 0 Å². The van der Waals surface area contributed by atoms with Crippen molar-refractivity contribution >= 4 is 28.8 Å². The quantitative estimate of drug-likeness (QED) is 0.668. The minimum atomic E-state index is -0.274. The fourth-order valence-electron chi connectivity index (χ4n) is 2.92. The Hall–Kier alpha value is -3.41. The van der Waals surface area contributed by atoms with Crippen LogP contribution in [0.4, 0.5) is 22.9 Å². The van der Waals surface area contributed by atoms with Crippen LogP contribution in [0.15, 0.2) is 54.9 Å². The third-order valence-corrected chi connectivity index (χ3v) is 4.53. The summed E-state index contributed by atoms with van der Waals surface area (Å²) >= 11 is 0. The lowest BCUT2D eigenvalue weighted by molar-refractivity contribution is 0.102. The minimum Gasteiger partial charge on any atom is -0.378 e. The van der Waals surface area contributed by atoms with Crippen molar-refractivity contribution in [2.45, 2.75) is 20.3 Å². The maximum absolute atomic E-state index is 12.6. The number of carbonyl (C=O) groups is 1. The molecule has 0 saturated heterocycles. The van der Waals surface area contributed by atoms with Gasteiger partial charge in [0, 0.05) is 37.2 Å². The van der Waals surface area contributed by atoms with E-state index in [1.165, 1.54) is 11.9 Å². The lowest BCUT2D eigenvalue weighted by Crippen LogP contribution is -2.15. The molecule has 6 nitrogen and oxygen atoms in total. The number of carbonyl (C=O) groups excluding carboxylic acids is 1. The fourth-order valence-corrected chi connectivity index (χ4v) is 2.92. The van der Waals surface area contributed by atoms with E-state index in [1.54, 1.807) is 6.07 Å². The molecule has 0 aliphatic heterocycles. The molecule has 3 rings (SSSR count). The first-order valence-electron chi connectivity index (χ1n) is 9.24. The molecule has 1 amide bonds. The molecule has 2 N–H and O–H groups in total. The highest BCUT2D eigenvalue weighted by Crippen LogP contribution is 2.24. The molecule has 0 unspecified atom stereocenters. The Bertz CT molecular complexity index is 967. The van der Waals surface area contributed by atoms with Gasteiger partial charge in [-0.05, 0) is 48.7 Å². The molecule has 0 fully saturated rings. The van der Waals surface area contributed by atoms with Gasteiger partial charge < -0.3 is 15.5 Å². The predicted molar refractivity (Wildman–Crippen MR) is 115 cm³/mol. The van der Waals surface area contributed by atoms with E-state index >= 15 is 0 Å². The molecule has 0 aliphatic rings. The highest BCUT2D eigenvalue weighted by atomic mass is 16.1. The Morgan fingerprint density at radius 2 is 1.82 bits per heavy atom. The van der Waals surface area contributed by atoms with E-state index in [0.29, 0.717) is 11.5 Å². The summed E-state index contributed by atoms with van der Waals surface area (Å²) in [7, 11) is 3.95. The zero-order chi connectivity index (χ0) is 20.1. The fraction of sp³-hybridized carbons (Fsp3) is 0.227. The Morgan fingerprint density at radius 3 is 2.50 bits per heavy atom. The van der Waals surface area contributed by atoms with Gasteiger partial charge in [0.15, 0.2) is 0 Å². The van der Waals surface area contributed by atoms with Crippen LogP contribution in [0.25, 0.3) is 0 Å². The number of rotatable bonds is 6. The van der Waals surface area contributed by atoms with Crippen LogP contribution in [0, 0.1) is 6.92 Å². The lowest BCUT2D eigenvalue weighted by atomic mass is 10.1. The van der Waals surface area contributed by atoms with Crippen molar-refractivity contribution in [1.29, 1.82) is 0 Å². The van der Waals surface area contributed by atoms with Crippen molar-refractivity contribution < 1.29 is 4.79 Å². The molecule has 1 heterocycles. The van der Waals surface area contributed by atoms with E-state index in [1.807, 2.05) is 62.3 Å². The third-order valence-electron chi connectivity index (χ3n) is 4.53. The SMILES string of the molecule is CCc1cccc(C)c1Nc1cc(C(=O)Nc2ccc(N(C)C)cc2)ncn1. The van der Waals surface area contributed by atoms with Crippen LogP contribution in [0.2, 0.25) is 0 Å². The highest BCUT2D eigenvalue weighted by molar-refractivity contribution is 6.03. The molecular weight excluding hydrogens is 350 g/mol. The second-order valence-electron chi connectivity index (χ2n) is 6.77. The number of amides is 1. The average molecular weight is 375 g/mol. The minimum absolute atomic E-state index is 0.274. The summed E-state index contributed by atoms with van der Waals surface area (Å²) in [4.78, 5) is 23.0. The van der Waals surface area contributed by atoms with Crippen LogP contribution in [0.1, 0.15) is 28.5 Å². The van der Waals surface area contributed by atoms with Gasteiger partial charge in [0.25, 0.3) is 5.91 Å². The molecule has 0 spiro atoms. The van der Waals surface area contributed by atoms with Crippen LogP contribution >= 0.6 is 0 Å². The second kappa shape index (κ2) is 8.52. The molecule has 28 heavy (non-hydrogen) atoms. The van der Waals surface area contributed by atoms with E-state index in [4.69, 9.17) is 0 Å². The van der Waals surface area contributed by atoms with Crippen LogP contribution < -0.4 is 15.5 Å². The molecule has 2 aromatic carbocycles. The van der Waals surface area contributed by atoms with Crippen molar-refractivity contribution in [2.24, 2.45) is 0 Å². The number of nitrogens with zero attached hydrogens (tertiary/aromatic N) is 3. The standard InChI is InChI=1S/C22H25N5O/c1-5-16-8-6-7-15(2)21(16)26-20-13-19(23-14-24-20)22(28)25-17-9-11-18(12-10-17)27(3)4/h6-14H,5H2,1-4H3,(H,25,28)(H,23,24,26). The molecule has 0 bridgehead atoms. The first kappa shape index (κ1) is 19.4. The van der Waals surface area contributed by atoms with Crippen LogP contribution in [-0.2, 0) is 6.42 Å². The molecule has 0 aliphatic carbocycles. The number of para-hydroxylation sites is 1. The van der Waals surface area contributed by atoms with E-state index in [2.05, 4.69) is 33.6 Å². The van der Waals surface area contributed by atoms with Crippen molar-refractivity contribution in [3.63, 3.8) is 0 Å². The van der Waals surface area contributed by atoms with Crippen LogP contribution in [0.5, 0.6) is 0 Å². The molecule has 0 atom stereocenters. The first-order valence-corrected chi connectivity index (χ1v) is 9.24. The number of aromatic nitrogens is 2. The lowest BCUT2D eigenvalue weighted by Gasteiger charge is -2.14. The molecule has 0 radical (unpaired) electrons. The van der Waals surface area contributed by atoms with E-state index in [0.717, 1.165) is 29.0 Å². The first-order chi connectivity index (χ1) is 13.5. The summed E-state index contributed by atoms with van der Waals surface area (Å²) in [5, 5.41) is 6.21. The molecule has 6 heteroatoms. The third kappa shape index (κ3) is 4.46. The summed E-state index contributed by atoms with van der Waals surface area (Å²) in [5.41, 5.74) is 5.44. The van der Waals surface area contributed by atoms with Crippen LogP contribution in [-0.4, -0.2) is 30.0 Å². The highest BCUT2D eigenvalue weighted by Gasteiger charge is 2.11. The van der Waals surface area contributed by atoms with Gasteiger partial charge in [0.1, 0.15) is 17.8 Å². The number of nitrogens with one attached hydrogen (secondary N) is 2. The Balaban J connectivity index is 1.77. The van der Waals surface area contributed by atoms with Crippen LogP contribution in [0.3, 0.4) is 0 Å². The molecule has 3 aromatic rings. The normalized spacial score (nSPS) is 10.4. The zero-order valence-electron chi connectivity index (χ0n) is 16.7. The Morgan fingerprint density at radius 1 is 1.07 bits per heavy atom. The largest absolute Gasteiger partial charge is 0.378 e. The van der Waals surface area contributed by atoms with Gasteiger partial charge >= 0.3 is 0 Å². The van der Waals surface area contributed by atoms with Crippen molar-refractivity contribution in [3.05, 3.63) is 71.7 Å². The van der Waals surface area contributed by atoms with Gasteiger partial charge in [0.2, 0.25) is 0 Å². The predicted octanol–water partition coefficient (Wildman–Crippen LogP) is 4.41. The van der Waals surface area contributed by atoms with E-state index < -0.39 is 0 Å². The van der Waals surface area contributed by atoms with Gasteiger partial charge in [-0.25, -0.2) is 9.97 Å². The van der Waals surface area contributed by atoms with E-state index in [9.17, 15) is 4.79 Å². The summed E-state index contributed by atoms with van der Waals surface area (Å²) in [5.74, 6) is 0.315. The zero-order valence-corrected chi connectivity index (χ0v) is 16.7. The maximum Gasteiger partial charge on any atom is 0.274 e. The van der Waals surface area contributed by atoms with E-state index in [-0.39, 0.29) is 5.91 Å². The Kier molecular flexibility index (Phi) is 5.89. The monoisotopic (exact) mass is 375 g/mol. The molecular formula is C22H25N5O. The molecule has 0 saturated carbocycles. The van der Waals surface area contributed by atoms with Crippen molar-refractivity contribution in [3.8, 4) is 0 Å². The Labute approximate surface area is 165 Å². The molecule has 144 valence electrons.